The zero-order chi connectivity index (χ0) is 21.0. The molecule has 2 aromatic rings. The lowest BCUT2D eigenvalue weighted by molar-refractivity contribution is 0.102. The number of rotatable bonds is 5. The van der Waals surface area contributed by atoms with E-state index in [1.807, 2.05) is 0 Å². The Morgan fingerprint density at radius 1 is 1.10 bits per heavy atom. The number of halogens is 2. The predicted molar refractivity (Wildman–Crippen MR) is 112 cm³/mol. The Kier molecular flexibility index (Phi) is 6.92. The van der Waals surface area contributed by atoms with Gasteiger partial charge in [0.05, 0.1) is 23.3 Å². The average Bonchev–Trinajstić information content (AvgIpc) is 2.98. The number of anilines is 1. The molecule has 1 aliphatic rings. The van der Waals surface area contributed by atoms with E-state index in [4.69, 9.17) is 4.74 Å². The van der Waals surface area contributed by atoms with Crippen LogP contribution in [0.3, 0.4) is 0 Å². The molecule has 0 aliphatic carbocycles. The highest BCUT2D eigenvalue weighted by Gasteiger charge is 2.26. The topological polar surface area (TPSA) is 75.7 Å². The Hall–Kier alpha value is -1.97. The standard InChI is InChI=1S/C20H22BrFN2O4S/c1-28-19-9-7-15(29(26,27)24-10-4-2-3-5-11-24)13-18(19)23-20(25)16-8-6-14(22)12-17(16)21/h6-9,12-13H,2-5,10-11H2,1H3,(H,23,25). The fourth-order valence-corrected chi connectivity index (χ4v) is 5.31. The summed E-state index contributed by atoms with van der Waals surface area (Å²) in [6.45, 7) is 0.969. The second-order valence-electron chi connectivity index (χ2n) is 6.76. The Balaban J connectivity index is 1.91. The SMILES string of the molecule is COc1ccc(S(=O)(=O)N2CCCCCC2)cc1NC(=O)c1ccc(F)cc1Br. The van der Waals surface area contributed by atoms with E-state index in [-0.39, 0.29) is 16.1 Å². The maximum Gasteiger partial charge on any atom is 0.256 e. The summed E-state index contributed by atoms with van der Waals surface area (Å²) >= 11 is 3.17. The number of carbonyl (C=O) groups is 1. The van der Waals surface area contributed by atoms with Gasteiger partial charge in [0.2, 0.25) is 10.0 Å². The number of hydrogen-bond donors (Lipinski definition) is 1. The Labute approximate surface area is 178 Å². The molecule has 0 atom stereocenters. The molecule has 1 saturated heterocycles. The number of nitrogens with zero attached hydrogens (tertiary/aromatic N) is 1. The maximum absolute atomic E-state index is 13.3. The predicted octanol–water partition coefficient (Wildman–Crippen LogP) is 4.41. The molecule has 3 rings (SSSR count). The molecule has 1 fully saturated rings. The Morgan fingerprint density at radius 2 is 1.79 bits per heavy atom. The highest BCUT2D eigenvalue weighted by molar-refractivity contribution is 9.10. The molecule has 0 radical (unpaired) electrons. The van der Waals surface area contributed by atoms with E-state index < -0.39 is 21.7 Å². The second kappa shape index (κ2) is 9.23. The minimum Gasteiger partial charge on any atom is -0.495 e. The minimum atomic E-state index is -3.68. The van der Waals surface area contributed by atoms with Crippen LogP contribution in [-0.4, -0.2) is 38.8 Å². The molecule has 0 aromatic heterocycles. The summed E-state index contributed by atoms with van der Waals surface area (Å²) in [4.78, 5) is 12.7. The first kappa shape index (κ1) is 21.7. The van der Waals surface area contributed by atoms with Crippen molar-refractivity contribution in [3.8, 4) is 5.75 Å². The molecule has 1 aliphatic heterocycles. The van der Waals surface area contributed by atoms with Crippen molar-refractivity contribution in [1.29, 1.82) is 0 Å². The summed E-state index contributed by atoms with van der Waals surface area (Å²) in [5.74, 6) is -0.664. The van der Waals surface area contributed by atoms with Crippen LogP contribution in [0, 0.1) is 5.82 Å². The fraction of sp³-hybridized carbons (Fsp3) is 0.350. The molecule has 1 amide bonds. The lowest BCUT2D eigenvalue weighted by atomic mass is 10.2. The van der Waals surface area contributed by atoms with E-state index in [2.05, 4.69) is 21.2 Å². The van der Waals surface area contributed by atoms with E-state index in [1.54, 1.807) is 0 Å². The summed E-state index contributed by atoms with van der Waals surface area (Å²) in [7, 11) is -2.25. The van der Waals surface area contributed by atoms with Crippen molar-refractivity contribution >= 4 is 37.5 Å². The van der Waals surface area contributed by atoms with Crippen molar-refractivity contribution in [3.05, 3.63) is 52.3 Å². The summed E-state index contributed by atoms with van der Waals surface area (Å²) < 4.78 is 46.5. The van der Waals surface area contributed by atoms with Crippen molar-refractivity contribution in [2.24, 2.45) is 0 Å². The van der Waals surface area contributed by atoms with Gasteiger partial charge in [-0.2, -0.15) is 4.31 Å². The maximum atomic E-state index is 13.3. The van der Waals surface area contributed by atoms with Crippen LogP contribution < -0.4 is 10.1 Å². The average molecular weight is 485 g/mol. The second-order valence-corrected chi connectivity index (χ2v) is 9.55. The zero-order valence-electron chi connectivity index (χ0n) is 16.0. The van der Waals surface area contributed by atoms with Crippen LogP contribution in [0.25, 0.3) is 0 Å². The summed E-state index contributed by atoms with van der Waals surface area (Å²) in [6.07, 6.45) is 3.69. The van der Waals surface area contributed by atoms with Gasteiger partial charge in [-0.25, -0.2) is 12.8 Å². The van der Waals surface area contributed by atoms with Gasteiger partial charge in [0, 0.05) is 17.6 Å². The smallest absolute Gasteiger partial charge is 0.256 e. The monoisotopic (exact) mass is 484 g/mol. The van der Waals surface area contributed by atoms with E-state index in [0.717, 1.165) is 25.7 Å². The zero-order valence-corrected chi connectivity index (χ0v) is 18.4. The van der Waals surface area contributed by atoms with Crippen LogP contribution in [0.15, 0.2) is 45.8 Å². The highest BCUT2D eigenvalue weighted by atomic mass is 79.9. The van der Waals surface area contributed by atoms with Gasteiger partial charge in [0.25, 0.3) is 5.91 Å². The number of ether oxygens (including phenoxy) is 1. The van der Waals surface area contributed by atoms with Gasteiger partial charge in [-0.05, 0) is 65.2 Å². The molecule has 29 heavy (non-hydrogen) atoms. The largest absolute Gasteiger partial charge is 0.495 e. The van der Waals surface area contributed by atoms with Crippen molar-refractivity contribution in [1.82, 2.24) is 4.31 Å². The third kappa shape index (κ3) is 4.96. The van der Waals surface area contributed by atoms with Gasteiger partial charge in [0.1, 0.15) is 11.6 Å². The lowest BCUT2D eigenvalue weighted by Crippen LogP contribution is -2.32. The lowest BCUT2D eigenvalue weighted by Gasteiger charge is -2.21. The third-order valence-electron chi connectivity index (χ3n) is 4.80. The number of sulfonamides is 1. The first-order valence-corrected chi connectivity index (χ1v) is 11.5. The van der Waals surface area contributed by atoms with Crippen LogP contribution >= 0.6 is 15.9 Å². The van der Waals surface area contributed by atoms with E-state index >= 15 is 0 Å². The number of carbonyl (C=O) groups excluding carboxylic acids is 1. The molecule has 6 nitrogen and oxygen atoms in total. The summed E-state index contributed by atoms with van der Waals surface area (Å²) in [5, 5.41) is 2.67. The number of amides is 1. The molecule has 0 saturated carbocycles. The van der Waals surface area contributed by atoms with Gasteiger partial charge < -0.3 is 10.1 Å². The molecular weight excluding hydrogens is 463 g/mol. The van der Waals surface area contributed by atoms with E-state index in [0.29, 0.717) is 23.3 Å². The van der Waals surface area contributed by atoms with Crippen molar-refractivity contribution < 1.29 is 22.3 Å². The molecule has 0 bridgehead atoms. The van der Waals surface area contributed by atoms with E-state index in [1.165, 1.54) is 47.8 Å². The molecule has 156 valence electrons. The van der Waals surface area contributed by atoms with Crippen LogP contribution in [-0.2, 0) is 10.0 Å². The van der Waals surface area contributed by atoms with E-state index in [9.17, 15) is 17.6 Å². The Morgan fingerprint density at radius 3 is 2.41 bits per heavy atom. The molecule has 0 unspecified atom stereocenters. The van der Waals surface area contributed by atoms with Gasteiger partial charge in [-0.15, -0.1) is 0 Å². The number of hydrogen-bond acceptors (Lipinski definition) is 4. The van der Waals surface area contributed by atoms with Gasteiger partial charge in [0.15, 0.2) is 0 Å². The third-order valence-corrected chi connectivity index (χ3v) is 7.35. The first-order chi connectivity index (χ1) is 13.8. The van der Waals surface area contributed by atoms with Crippen LogP contribution in [0.4, 0.5) is 10.1 Å². The normalized spacial score (nSPS) is 15.6. The van der Waals surface area contributed by atoms with Crippen molar-refractivity contribution in [2.45, 2.75) is 30.6 Å². The van der Waals surface area contributed by atoms with Gasteiger partial charge in [-0.3, -0.25) is 4.79 Å². The fourth-order valence-electron chi connectivity index (χ4n) is 3.24. The van der Waals surface area contributed by atoms with Crippen LogP contribution in [0.1, 0.15) is 36.0 Å². The molecular formula is C20H22BrFN2O4S. The van der Waals surface area contributed by atoms with Crippen molar-refractivity contribution in [3.63, 3.8) is 0 Å². The molecule has 0 spiro atoms. The number of methoxy groups -OCH3 is 1. The van der Waals surface area contributed by atoms with Gasteiger partial charge >= 0.3 is 0 Å². The quantitative estimate of drug-likeness (QED) is 0.681. The first-order valence-electron chi connectivity index (χ1n) is 9.27. The minimum absolute atomic E-state index is 0.0914. The highest BCUT2D eigenvalue weighted by Crippen LogP contribution is 2.31. The van der Waals surface area contributed by atoms with Crippen LogP contribution in [0.5, 0.6) is 5.75 Å². The number of nitrogens with one attached hydrogen (secondary N) is 1. The molecule has 1 N–H and O–H groups in total. The van der Waals surface area contributed by atoms with Crippen LogP contribution in [0.2, 0.25) is 0 Å². The summed E-state index contributed by atoms with van der Waals surface area (Å²) in [5.41, 5.74) is 0.443. The summed E-state index contributed by atoms with van der Waals surface area (Å²) in [6, 6.07) is 8.10. The molecule has 2 aromatic carbocycles. The Bertz CT molecular complexity index is 1010. The number of benzene rings is 2. The molecule has 9 heteroatoms. The van der Waals surface area contributed by atoms with Crippen molar-refractivity contribution in [2.75, 3.05) is 25.5 Å². The van der Waals surface area contributed by atoms with Gasteiger partial charge in [-0.1, -0.05) is 12.8 Å². The molecule has 1 heterocycles.